The number of rotatable bonds is 7. The van der Waals surface area contributed by atoms with Gasteiger partial charge in [0.05, 0.1) is 13.3 Å². The van der Waals surface area contributed by atoms with E-state index in [0.29, 0.717) is 16.9 Å². The van der Waals surface area contributed by atoms with Crippen molar-refractivity contribution in [3.05, 3.63) is 64.7 Å². The number of nitrogens with zero attached hydrogens (tertiary/aromatic N) is 3. The first-order valence-corrected chi connectivity index (χ1v) is 8.82. The number of nitrogens with one attached hydrogen (secondary N) is 2. The summed E-state index contributed by atoms with van der Waals surface area (Å²) in [7, 11) is 1.63. The Balaban J connectivity index is 1.52. The molecule has 6 nitrogen and oxygen atoms in total. The van der Waals surface area contributed by atoms with Crippen LogP contribution < -0.4 is 10.2 Å². The van der Waals surface area contributed by atoms with Gasteiger partial charge in [0.15, 0.2) is 0 Å². The number of methoxy groups -OCH3 is 1. The van der Waals surface area contributed by atoms with Gasteiger partial charge in [-0.15, -0.1) is 5.10 Å². The Morgan fingerprint density at radius 2 is 2.04 bits per heavy atom. The van der Waals surface area contributed by atoms with E-state index in [-0.39, 0.29) is 0 Å². The monoisotopic (exact) mass is 373 g/mol. The zero-order valence-electron chi connectivity index (χ0n) is 13.4. The van der Waals surface area contributed by atoms with Crippen molar-refractivity contribution in [3.63, 3.8) is 0 Å². The molecule has 0 aliphatic heterocycles. The number of aromatic amines is 1. The van der Waals surface area contributed by atoms with Gasteiger partial charge in [0.25, 0.3) is 0 Å². The quantitative estimate of drug-likeness (QED) is 0.368. The van der Waals surface area contributed by atoms with Gasteiger partial charge in [-0.25, -0.2) is 10.5 Å². The van der Waals surface area contributed by atoms with Gasteiger partial charge in [-0.1, -0.05) is 41.6 Å². The molecule has 0 saturated heterocycles. The van der Waals surface area contributed by atoms with Gasteiger partial charge >= 0.3 is 0 Å². The minimum Gasteiger partial charge on any atom is -0.497 e. The van der Waals surface area contributed by atoms with Gasteiger partial charge in [-0.3, -0.25) is 0 Å². The Labute approximate surface area is 154 Å². The van der Waals surface area contributed by atoms with Gasteiger partial charge < -0.3 is 4.74 Å². The standard InChI is InChI=1S/C17H16ClN5OS/c1-24-14-8-6-12(7-9-14)10-19-21-16-20-17(23-22-16)25-11-13-4-2-3-5-15(13)18/h2-10H,11H2,1H3,(H2,20,21,22,23)/b19-10-. The highest BCUT2D eigenvalue weighted by molar-refractivity contribution is 7.98. The molecule has 0 saturated carbocycles. The predicted octanol–water partition coefficient (Wildman–Crippen LogP) is 4.21. The fraction of sp³-hybridized carbons (Fsp3) is 0.118. The van der Waals surface area contributed by atoms with E-state index in [2.05, 4.69) is 25.7 Å². The van der Waals surface area contributed by atoms with Crippen LogP contribution in [-0.4, -0.2) is 28.5 Å². The van der Waals surface area contributed by atoms with Crippen LogP contribution >= 0.6 is 23.4 Å². The molecule has 25 heavy (non-hydrogen) atoms. The molecule has 3 rings (SSSR count). The molecule has 1 heterocycles. The van der Waals surface area contributed by atoms with E-state index in [9.17, 15) is 0 Å². The first-order valence-electron chi connectivity index (χ1n) is 7.46. The van der Waals surface area contributed by atoms with E-state index in [4.69, 9.17) is 16.3 Å². The average molecular weight is 374 g/mol. The molecular weight excluding hydrogens is 358 g/mol. The molecule has 0 bridgehead atoms. The van der Waals surface area contributed by atoms with Crippen LogP contribution in [0.3, 0.4) is 0 Å². The molecule has 0 spiro atoms. The Morgan fingerprint density at radius 1 is 1.24 bits per heavy atom. The minimum absolute atomic E-state index is 0.478. The minimum atomic E-state index is 0.478. The zero-order chi connectivity index (χ0) is 17.5. The molecular formula is C17H16ClN5OS. The molecule has 0 fully saturated rings. The van der Waals surface area contributed by atoms with E-state index in [1.807, 2.05) is 48.5 Å². The number of hydrogen-bond acceptors (Lipinski definition) is 6. The van der Waals surface area contributed by atoms with E-state index < -0.39 is 0 Å². The van der Waals surface area contributed by atoms with Gasteiger partial charge in [0.2, 0.25) is 11.1 Å². The third kappa shape index (κ3) is 4.98. The molecule has 0 unspecified atom stereocenters. The number of aromatic nitrogens is 3. The first kappa shape index (κ1) is 17.3. The zero-order valence-corrected chi connectivity index (χ0v) is 15.0. The van der Waals surface area contributed by atoms with Crippen LogP contribution in [0.15, 0.2) is 58.8 Å². The lowest BCUT2D eigenvalue weighted by Gasteiger charge is -2.00. The maximum atomic E-state index is 6.14. The highest BCUT2D eigenvalue weighted by Gasteiger charge is 2.05. The second-order valence-corrected chi connectivity index (χ2v) is 6.34. The predicted molar refractivity (Wildman–Crippen MR) is 102 cm³/mol. The van der Waals surface area contributed by atoms with Crippen LogP contribution in [0.2, 0.25) is 5.02 Å². The maximum absolute atomic E-state index is 6.14. The molecule has 128 valence electrons. The van der Waals surface area contributed by atoms with Crippen LogP contribution in [0.5, 0.6) is 5.75 Å². The molecule has 2 N–H and O–H groups in total. The maximum Gasteiger partial charge on any atom is 0.240 e. The number of thioether (sulfide) groups is 1. The number of halogens is 1. The Hall–Kier alpha value is -2.51. The van der Waals surface area contributed by atoms with Crippen molar-refractivity contribution in [2.75, 3.05) is 12.5 Å². The second kappa shape index (κ2) is 8.55. The smallest absolute Gasteiger partial charge is 0.240 e. The largest absolute Gasteiger partial charge is 0.497 e. The Kier molecular flexibility index (Phi) is 5.92. The summed E-state index contributed by atoms with van der Waals surface area (Å²) in [5.41, 5.74) is 4.81. The van der Waals surface area contributed by atoms with Gasteiger partial charge in [0.1, 0.15) is 5.75 Å². The number of benzene rings is 2. The molecule has 0 atom stereocenters. The number of anilines is 1. The summed E-state index contributed by atoms with van der Waals surface area (Å²) in [6.07, 6.45) is 1.69. The van der Waals surface area contributed by atoms with Gasteiger partial charge in [-0.2, -0.15) is 10.1 Å². The third-order valence-corrected chi connectivity index (χ3v) is 4.54. The van der Waals surface area contributed by atoms with E-state index in [1.54, 1.807) is 13.3 Å². The summed E-state index contributed by atoms with van der Waals surface area (Å²) in [5, 5.41) is 12.4. The van der Waals surface area contributed by atoms with Crippen molar-refractivity contribution >= 4 is 35.5 Å². The highest BCUT2D eigenvalue weighted by Crippen LogP contribution is 2.24. The summed E-state index contributed by atoms with van der Waals surface area (Å²) in [4.78, 5) is 4.32. The van der Waals surface area contributed by atoms with Crippen molar-refractivity contribution in [1.82, 2.24) is 15.2 Å². The number of ether oxygens (including phenoxy) is 1. The van der Waals surface area contributed by atoms with Crippen molar-refractivity contribution in [3.8, 4) is 5.75 Å². The van der Waals surface area contributed by atoms with Gasteiger partial charge in [-0.05, 0) is 41.5 Å². The third-order valence-electron chi connectivity index (χ3n) is 3.28. The van der Waals surface area contributed by atoms with E-state index in [1.165, 1.54) is 11.8 Å². The van der Waals surface area contributed by atoms with Crippen molar-refractivity contribution in [2.45, 2.75) is 10.9 Å². The summed E-state index contributed by atoms with van der Waals surface area (Å²) < 4.78 is 5.11. The molecule has 0 amide bonds. The molecule has 1 aromatic heterocycles. The fourth-order valence-corrected chi connectivity index (χ4v) is 3.06. The molecule has 0 radical (unpaired) electrons. The molecule has 0 aliphatic carbocycles. The van der Waals surface area contributed by atoms with Crippen molar-refractivity contribution in [1.29, 1.82) is 0 Å². The SMILES string of the molecule is COc1ccc(/C=N\Nc2nc(SCc3ccccc3Cl)n[nH]2)cc1. The highest BCUT2D eigenvalue weighted by atomic mass is 35.5. The van der Waals surface area contributed by atoms with Crippen molar-refractivity contribution < 1.29 is 4.74 Å². The van der Waals surface area contributed by atoms with Crippen LogP contribution in [0.1, 0.15) is 11.1 Å². The van der Waals surface area contributed by atoms with Crippen LogP contribution in [0, 0.1) is 0 Å². The molecule has 0 aliphatic rings. The van der Waals surface area contributed by atoms with E-state index in [0.717, 1.165) is 21.9 Å². The lowest BCUT2D eigenvalue weighted by Crippen LogP contribution is -1.92. The Morgan fingerprint density at radius 3 is 2.80 bits per heavy atom. The van der Waals surface area contributed by atoms with E-state index >= 15 is 0 Å². The lowest BCUT2D eigenvalue weighted by molar-refractivity contribution is 0.415. The van der Waals surface area contributed by atoms with Crippen LogP contribution in [-0.2, 0) is 5.75 Å². The normalized spacial score (nSPS) is 11.0. The Bertz CT molecular complexity index is 850. The lowest BCUT2D eigenvalue weighted by atomic mass is 10.2. The molecule has 3 aromatic rings. The number of H-pyrrole nitrogens is 1. The first-order chi connectivity index (χ1) is 12.2. The topological polar surface area (TPSA) is 75.2 Å². The number of hydrogen-bond donors (Lipinski definition) is 2. The molecule has 2 aromatic carbocycles. The summed E-state index contributed by atoms with van der Waals surface area (Å²) in [6, 6.07) is 15.3. The molecule has 8 heteroatoms. The van der Waals surface area contributed by atoms with Gasteiger partial charge in [0, 0.05) is 10.8 Å². The summed E-state index contributed by atoms with van der Waals surface area (Å²) >= 11 is 7.64. The fourth-order valence-electron chi connectivity index (χ4n) is 1.98. The number of hydrazone groups is 1. The van der Waals surface area contributed by atoms with Crippen molar-refractivity contribution in [2.24, 2.45) is 5.10 Å². The van der Waals surface area contributed by atoms with Crippen LogP contribution in [0.4, 0.5) is 5.95 Å². The summed E-state index contributed by atoms with van der Waals surface area (Å²) in [5.74, 6) is 1.98. The summed E-state index contributed by atoms with van der Waals surface area (Å²) in [6.45, 7) is 0. The second-order valence-electron chi connectivity index (χ2n) is 4.99. The van der Waals surface area contributed by atoms with Crippen LogP contribution in [0.25, 0.3) is 0 Å². The average Bonchev–Trinajstić information content (AvgIpc) is 3.09.